The molecule has 0 bridgehead atoms. The summed E-state index contributed by atoms with van der Waals surface area (Å²) in [5, 5.41) is 7.02. The average molecular weight is 361 g/mol. The summed E-state index contributed by atoms with van der Waals surface area (Å²) in [4.78, 5) is 20.4. The van der Waals surface area contributed by atoms with Gasteiger partial charge >= 0.3 is 0 Å². The highest BCUT2D eigenvalue weighted by Gasteiger charge is 2.46. The van der Waals surface area contributed by atoms with Crippen molar-refractivity contribution in [3.05, 3.63) is 23.2 Å². The Labute approximate surface area is 153 Å². The second kappa shape index (κ2) is 7.04. The van der Waals surface area contributed by atoms with E-state index in [1.165, 1.54) is 5.56 Å². The summed E-state index contributed by atoms with van der Waals surface area (Å²) in [5.41, 5.74) is 1.31. The Kier molecular flexibility index (Phi) is 4.75. The minimum atomic E-state index is -0.368. The van der Waals surface area contributed by atoms with Gasteiger partial charge in [0.05, 0.1) is 12.6 Å². The third-order valence-corrected chi connectivity index (χ3v) is 5.61. The van der Waals surface area contributed by atoms with Crippen LogP contribution in [0.15, 0.2) is 15.6 Å². The highest BCUT2D eigenvalue weighted by Crippen LogP contribution is 2.34. The van der Waals surface area contributed by atoms with Gasteiger partial charge in [0.25, 0.3) is 5.91 Å². The number of nitrogens with zero attached hydrogens (tertiary/aromatic N) is 2. The van der Waals surface area contributed by atoms with E-state index in [-0.39, 0.29) is 17.6 Å². The van der Waals surface area contributed by atoms with Crippen molar-refractivity contribution in [1.29, 1.82) is 0 Å². The molecule has 0 aromatic carbocycles. The van der Waals surface area contributed by atoms with E-state index < -0.39 is 0 Å². The first-order valence-electron chi connectivity index (χ1n) is 9.46. The van der Waals surface area contributed by atoms with Crippen LogP contribution in [0.1, 0.15) is 42.8 Å². The zero-order valence-corrected chi connectivity index (χ0v) is 15.5. The lowest BCUT2D eigenvalue weighted by atomic mass is 9.96. The standard InChI is InChI=1S/C19H27N3O4/c1-13-8-16(25-14(13)2)11-22-6-5-19(12-22)9-17(21-26-19)18(23)20-10-15-4-3-7-24-15/h8,15H,3-7,9-12H2,1-2H3,(H,20,23)/t15-,19+/m1/s1. The fourth-order valence-corrected chi connectivity index (χ4v) is 3.99. The molecule has 2 saturated heterocycles. The Hall–Kier alpha value is -1.86. The number of ether oxygens (including phenoxy) is 1. The van der Waals surface area contributed by atoms with Crippen molar-refractivity contribution in [3.63, 3.8) is 0 Å². The molecule has 7 heteroatoms. The molecule has 2 fully saturated rings. The first kappa shape index (κ1) is 17.5. The number of carbonyl (C=O) groups excluding carboxylic acids is 1. The van der Waals surface area contributed by atoms with Gasteiger partial charge in [-0.2, -0.15) is 0 Å². The summed E-state index contributed by atoms with van der Waals surface area (Å²) >= 11 is 0. The largest absolute Gasteiger partial charge is 0.465 e. The van der Waals surface area contributed by atoms with Crippen LogP contribution >= 0.6 is 0 Å². The fourth-order valence-electron chi connectivity index (χ4n) is 3.99. The van der Waals surface area contributed by atoms with Gasteiger partial charge in [0, 0.05) is 39.1 Å². The Morgan fingerprint density at radius 2 is 2.35 bits per heavy atom. The van der Waals surface area contributed by atoms with Gasteiger partial charge in [0.1, 0.15) is 17.2 Å². The molecule has 4 heterocycles. The highest BCUT2D eigenvalue weighted by molar-refractivity contribution is 6.39. The van der Waals surface area contributed by atoms with Crippen molar-refractivity contribution < 1.29 is 18.8 Å². The first-order valence-corrected chi connectivity index (χ1v) is 9.46. The van der Waals surface area contributed by atoms with E-state index in [0.717, 1.165) is 57.0 Å². The Bertz CT molecular complexity index is 688. The molecule has 1 N–H and O–H groups in total. The lowest BCUT2D eigenvalue weighted by molar-refractivity contribution is -0.115. The second-order valence-electron chi connectivity index (χ2n) is 7.75. The monoisotopic (exact) mass is 361 g/mol. The van der Waals surface area contributed by atoms with Gasteiger partial charge in [-0.1, -0.05) is 5.16 Å². The predicted molar refractivity (Wildman–Crippen MR) is 95.9 cm³/mol. The van der Waals surface area contributed by atoms with Crippen LogP contribution in [0.25, 0.3) is 0 Å². The molecule has 1 spiro atoms. The van der Waals surface area contributed by atoms with Crippen LogP contribution < -0.4 is 5.32 Å². The van der Waals surface area contributed by atoms with Crippen LogP contribution in [0.4, 0.5) is 0 Å². The Balaban J connectivity index is 1.27. The number of carbonyl (C=O) groups is 1. The number of aryl methyl sites for hydroxylation is 2. The van der Waals surface area contributed by atoms with E-state index in [0.29, 0.717) is 18.7 Å². The SMILES string of the molecule is Cc1cc(CN2CC[C@]3(CC(C(=O)NC[C@H]4CCCO4)=NO3)C2)oc1C. The smallest absolute Gasteiger partial charge is 0.269 e. The molecule has 3 aliphatic heterocycles. The Morgan fingerprint density at radius 3 is 3.08 bits per heavy atom. The second-order valence-corrected chi connectivity index (χ2v) is 7.75. The summed E-state index contributed by atoms with van der Waals surface area (Å²) in [7, 11) is 0. The predicted octanol–water partition coefficient (Wildman–Crippen LogP) is 1.91. The number of hydrogen-bond acceptors (Lipinski definition) is 6. The number of nitrogens with one attached hydrogen (secondary N) is 1. The molecule has 1 aromatic rings. The third kappa shape index (κ3) is 3.64. The molecule has 4 rings (SSSR count). The van der Waals surface area contributed by atoms with E-state index in [9.17, 15) is 4.79 Å². The van der Waals surface area contributed by atoms with Crippen LogP contribution in [-0.4, -0.2) is 54.5 Å². The van der Waals surface area contributed by atoms with E-state index in [1.807, 2.05) is 6.92 Å². The summed E-state index contributed by atoms with van der Waals surface area (Å²) in [5.74, 6) is 1.82. The molecule has 0 aliphatic carbocycles. The molecule has 0 unspecified atom stereocenters. The maximum Gasteiger partial charge on any atom is 0.269 e. The van der Waals surface area contributed by atoms with Crippen molar-refractivity contribution in [2.75, 3.05) is 26.2 Å². The van der Waals surface area contributed by atoms with Crippen molar-refractivity contribution in [2.45, 2.75) is 57.8 Å². The minimum Gasteiger partial charge on any atom is -0.465 e. The fraction of sp³-hybridized carbons (Fsp3) is 0.684. The van der Waals surface area contributed by atoms with Gasteiger partial charge in [0.15, 0.2) is 5.60 Å². The average Bonchev–Trinajstić information content (AvgIpc) is 3.38. The molecule has 142 valence electrons. The number of rotatable bonds is 5. The molecule has 26 heavy (non-hydrogen) atoms. The number of likely N-dealkylation sites (tertiary alicyclic amines) is 1. The molecule has 1 amide bonds. The topological polar surface area (TPSA) is 76.3 Å². The summed E-state index contributed by atoms with van der Waals surface area (Å²) in [6.07, 6.45) is 3.65. The van der Waals surface area contributed by atoms with Crippen molar-refractivity contribution in [1.82, 2.24) is 10.2 Å². The maximum atomic E-state index is 12.3. The van der Waals surface area contributed by atoms with E-state index in [2.05, 4.69) is 28.4 Å². The molecular formula is C19H27N3O4. The molecule has 1 aromatic heterocycles. The molecule has 3 aliphatic rings. The number of furan rings is 1. The summed E-state index contributed by atoms with van der Waals surface area (Å²) < 4.78 is 11.3. The van der Waals surface area contributed by atoms with Gasteiger partial charge in [-0.25, -0.2) is 0 Å². The van der Waals surface area contributed by atoms with Crippen LogP contribution in [0, 0.1) is 13.8 Å². The number of amides is 1. The zero-order valence-electron chi connectivity index (χ0n) is 15.5. The van der Waals surface area contributed by atoms with Crippen molar-refractivity contribution >= 4 is 11.6 Å². The van der Waals surface area contributed by atoms with Crippen molar-refractivity contribution in [3.8, 4) is 0 Å². The van der Waals surface area contributed by atoms with Crippen molar-refractivity contribution in [2.24, 2.45) is 5.16 Å². The highest BCUT2D eigenvalue weighted by atomic mass is 16.7. The van der Waals surface area contributed by atoms with Gasteiger partial charge in [0.2, 0.25) is 0 Å². The lowest BCUT2D eigenvalue weighted by Crippen LogP contribution is -2.39. The number of oxime groups is 1. The van der Waals surface area contributed by atoms with Gasteiger partial charge in [-0.15, -0.1) is 0 Å². The zero-order chi connectivity index (χ0) is 18.1. The van der Waals surface area contributed by atoms with Crippen LogP contribution in [-0.2, 0) is 20.9 Å². The lowest BCUT2D eigenvalue weighted by Gasteiger charge is -2.21. The van der Waals surface area contributed by atoms with Crippen LogP contribution in [0.5, 0.6) is 0 Å². The Morgan fingerprint density at radius 1 is 1.46 bits per heavy atom. The minimum absolute atomic E-state index is 0.131. The molecular weight excluding hydrogens is 334 g/mol. The van der Waals surface area contributed by atoms with Crippen LogP contribution in [0.3, 0.4) is 0 Å². The first-order chi connectivity index (χ1) is 12.5. The molecule has 0 saturated carbocycles. The molecule has 7 nitrogen and oxygen atoms in total. The van der Waals surface area contributed by atoms with Gasteiger partial charge < -0.3 is 19.3 Å². The van der Waals surface area contributed by atoms with Gasteiger partial charge in [-0.3, -0.25) is 9.69 Å². The summed E-state index contributed by atoms with van der Waals surface area (Å²) in [6.45, 7) is 7.83. The normalized spacial score (nSPS) is 28.5. The van der Waals surface area contributed by atoms with Gasteiger partial charge in [-0.05, 0) is 38.3 Å². The van der Waals surface area contributed by atoms with E-state index in [1.54, 1.807) is 0 Å². The third-order valence-electron chi connectivity index (χ3n) is 5.61. The molecule has 0 radical (unpaired) electrons. The van der Waals surface area contributed by atoms with E-state index >= 15 is 0 Å². The van der Waals surface area contributed by atoms with E-state index in [4.69, 9.17) is 14.0 Å². The quantitative estimate of drug-likeness (QED) is 0.867. The maximum absolute atomic E-state index is 12.3. The summed E-state index contributed by atoms with van der Waals surface area (Å²) in [6, 6.07) is 2.09. The molecule has 2 atom stereocenters. The number of hydrogen-bond donors (Lipinski definition) is 1. The van der Waals surface area contributed by atoms with Crippen LogP contribution in [0.2, 0.25) is 0 Å².